The minimum absolute atomic E-state index is 0.339. The highest BCUT2D eigenvalue weighted by Gasteiger charge is 2.31. The molecule has 1 fully saturated rings. The molecular weight excluding hydrogens is 244 g/mol. The van der Waals surface area contributed by atoms with Crippen LogP contribution in [0.3, 0.4) is 0 Å². The molecule has 1 aliphatic rings. The van der Waals surface area contributed by atoms with Crippen molar-refractivity contribution in [2.75, 3.05) is 24.2 Å². The van der Waals surface area contributed by atoms with Crippen LogP contribution in [0.5, 0.6) is 0 Å². The molecule has 1 atom stereocenters. The number of aliphatic hydroxyl groups is 1. The van der Waals surface area contributed by atoms with E-state index in [4.69, 9.17) is 0 Å². The third kappa shape index (κ3) is 3.18. The van der Waals surface area contributed by atoms with E-state index in [2.05, 4.69) is 22.0 Å². The van der Waals surface area contributed by atoms with Gasteiger partial charge < -0.3 is 10.0 Å². The molecule has 2 heterocycles. The first-order valence-electron chi connectivity index (χ1n) is 6.48. The molecule has 1 aliphatic heterocycles. The molecule has 100 valence electrons. The normalized spacial score (nSPS) is 21.1. The lowest BCUT2D eigenvalue weighted by Crippen LogP contribution is -2.44. The number of nitrogens with zero attached hydrogens (tertiary/aromatic N) is 2. The number of anilines is 1. The fourth-order valence-corrected chi connectivity index (χ4v) is 2.83. The van der Waals surface area contributed by atoms with Crippen molar-refractivity contribution >= 4 is 17.4 Å². The highest BCUT2D eigenvalue weighted by molar-refractivity contribution is 7.98. The number of hydrogen-bond donors (Lipinski definition) is 1. The fourth-order valence-electron chi connectivity index (χ4n) is 2.47. The molecule has 0 unspecified atom stereocenters. The Kier molecular flexibility index (Phi) is 4.17. The van der Waals surface area contributed by atoms with Gasteiger partial charge in [-0.05, 0) is 45.1 Å². The van der Waals surface area contributed by atoms with Gasteiger partial charge in [-0.1, -0.05) is 0 Å². The number of hydrogen-bond acceptors (Lipinski definition) is 4. The van der Waals surface area contributed by atoms with Crippen molar-refractivity contribution in [2.24, 2.45) is 5.92 Å². The lowest BCUT2D eigenvalue weighted by atomic mass is 9.84. The van der Waals surface area contributed by atoms with Crippen LogP contribution >= 0.6 is 11.8 Å². The molecule has 0 spiro atoms. The quantitative estimate of drug-likeness (QED) is 0.854. The van der Waals surface area contributed by atoms with Crippen LogP contribution in [0.2, 0.25) is 0 Å². The van der Waals surface area contributed by atoms with Crippen molar-refractivity contribution in [3.63, 3.8) is 0 Å². The summed E-state index contributed by atoms with van der Waals surface area (Å²) in [5, 5.41) is 11.2. The molecular formula is C14H22N2OS. The van der Waals surface area contributed by atoms with Gasteiger partial charge in [0.15, 0.2) is 0 Å². The molecule has 1 N–H and O–H groups in total. The first-order valence-corrected chi connectivity index (χ1v) is 7.70. The first kappa shape index (κ1) is 13.7. The summed E-state index contributed by atoms with van der Waals surface area (Å²) < 4.78 is 0. The number of pyridine rings is 1. The fraction of sp³-hybridized carbons (Fsp3) is 0.643. The predicted molar refractivity (Wildman–Crippen MR) is 77.3 cm³/mol. The molecule has 0 saturated carbocycles. The molecule has 4 heteroatoms. The predicted octanol–water partition coefficient (Wildman–Crippen LogP) is 2.79. The Bertz CT molecular complexity index is 386. The van der Waals surface area contributed by atoms with Crippen molar-refractivity contribution < 1.29 is 5.11 Å². The summed E-state index contributed by atoms with van der Waals surface area (Å²) in [6.07, 6.45) is 6.22. The van der Waals surface area contributed by atoms with Crippen LogP contribution < -0.4 is 4.90 Å². The largest absolute Gasteiger partial charge is 0.390 e. The maximum atomic E-state index is 10.1. The molecule has 3 nitrogen and oxygen atoms in total. The maximum Gasteiger partial charge on any atom is 0.0958 e. The van der Waals surface area contributed by atoms with Crippen LogP contribution in [0.1, 0.15) is 26.7 Å². The third-order valence-corrected chi connectivity index (χ3v) is 4.38. The standard InChI is InChI=1S/C14H22N2OS/c1-14(2,17)11-5-4-8-16(10-11)12-6-7-13(18-3)15-9-12/h6-7,9,11,17H,4-5,8,10H2,1-3H3/t11-/m1/s1. The summed E-state index contributed by atoms with van der Waals surface area (Å²) in [4.78, 5) is 6.75. The Balaban J connectivity index is 2.08. The highest BCUT2D eigenvalue weighted by Crippen LogP contribution is 2.29. The van der Waals surface area contributed by atoms with Gasteiger partial charge >= 0.3 is 0 Å². The molecule has 0 bridgehead atoms. The van der Waals surface area contributed by atoms with Gasteiger partial charge in [-0.2, -0.15) is 0 Å². The van der Waals surface area contributed by atoms with E-state index in [0.717, 1.165) is 31.0 Å². The van der Waals surface area contributed by atoms with E-state index in [1.807, 2.05) is 26.3 Å². The monoisotopic (exact) mass is 266 g/mol. The van der Waals surface area contributed by atoms with E-state index in [-0.39, 0.29) is 0 Å². The molecule has 18 heavy (non-hydrogen) atoms. The third-order valence-electron chi connectivity index (χ3n) is 3.72. The molecule has 1 aromatic heterocycles. The summed E-state index contributed by atoms with van der Waals surface area (Å²) >= 11 is 1.66. The minimum Gasteiger partial charge on any atom is -0.390 e. The van der Waals surface area contributed by atoms with Crippen LogP contribution in [0.15, 0.2) is 23.4 Å². The van der Waals surface area contributed by atoms with Crippen LogP contribution in [0, 0.1) is 5.92 Å². The second kappa shape index (κ2) is 5.49. The zero-order valence-corrected chi connectivity index (χ0v) is 12.2. The second-order valence-corrected chi connectivity index (χ2v) is 6.32. The molecule has 0 aromatic carbocycles. The van der Waals surface area contributed by atoms with Crippen molar-refractivity contribution in [1.29, 1.82) is 0 Å². The molecule has 1 aromatic rings. The Labute approximate surface area is 114 Å². The summed E-state index contributed by atoms with van der Waals surface area (Å²) in [6.45, 7) is 5.81. The summed E-state index contributed by atoms with van der Waals surface area (Å²) in [6, 6.07) is 4.19. The minimum atomic E-state index is -0.592. The van der Waals surface area contributed by atoms with Crippen molar-refractivity contribution in [2.45, 2.75) is 37.3 Å². The summed E-state index contributed by atoms with van der Waals surface area (Å²) in [7, 11) is 0. The summed E-state index contributed by atoms with van der Waals surface area (Å²) in [5.41, 5.74) is 0.576. The van der Waals surface area contributed by atoms with Crippen LogP contribution in [-0.2, 0) is 0 Å². The lowest BCUT2D eigenvalue weighted by Gasteiger charge is -2.39. The molecule has 1 saturated heterocycles. The van der Waals surface area contributed by atoms with Gasteiger partial charge in [0.25, 0.3) is 0 Å². The number of rotatable bonds is 3. The molecule has 0 radical (unpaired) electrons. The Morgan fingerprint density at radius 1 is 1.44 bits per heavy atom. The van der Waals surface area contributed by atoms with Gasteiger partial charge in [0.1, 0.15) is 0 Å². The van der Waals surface area contributed by atoms with E-state index in [1.165, 1.54) is 5.69 Å². The zero-order chi connectivity index (χ0) is 13.2. The van der Waals surface area contributed by atoms with E-state index < -0.39 is 5.60 Å². The van der Waals surface area contributed by atoms with Gasteiger partial charge in [0.2, 0.25) is 0 Å². The topological polar surface area (TPSA) is 36.4 Å². The van der Waals surface area contributed by atoms with Crippen LogP contribution in [0.25, 0.3) is 0 Å². The number of thioether (sulfide) groups is 1. The van der Waals surface area contributed by atoms with Crippen molar-refractivity contribution in [3.8, 4) is 0 Å². The zero-order valence-electron chi connectivity index (χ0n) is 11.4. The van der Waals surface area contributed by atoms with Gasteiger partial charge in [0, 0.05) is 19.0 Å². The second-order valence-electron chi connectivity index (χ2n) is 5.50. The van der Waals surface area contributed by atoms with E-state index in [1.54, 1.807) is 11.8 Å². The number of aromatic nitrogens is 1. The number of piperidine rings is 1. The van der Waals surface area contributed by atoms with Gasteiger partial charge in [0.05, 0.1) is 22.5 Å². The smallest absolute Gasteiger partial charge is 0.0958 e. The average molecular weight is 266 g/mol. The molecule has 0 aliphatic carbocycles. The van der Waals surface area contributed by atoms with Crippen LogP contribution in [0.4, 0.5) is 5.69 Å². The first-order chi connectivity index (χ1) is 8.50. The Morgan fingerprint density at radius 2 is 2.22 bits per heavy atom. The van der Waals surface area contributed by atoms with Crippen molar-refractivity contribution in [3.05, 3.63) is 18.3 Å². The van der Waals surface area contributed by atoms with Gasteiger partial charge in [-0.3, -0.25) is 0 Å². The van der Waals surface area contributed by atoms with E-state index in [9.17, 15) is 5.11 Å². The van der Waals surface area contributed by atoms with E-state index >= 15 is 0 Å². The Morgan fingerprint density at radius 3 is 2.78 bits per heavy atom. The molecule has 2 rings (SSSR count). The Hall–Kier alpha value is -0.740. The van der Waals surface area contributed by atoms with Crippen LogP contribution in [-0.4, -0.2) is 35.0 Å². The highest BCUT2D eigenvalue weighted by atomic mass is 32.2. The lowest BCUT2D eigenvalue weighted by molar-refractivity contribution is 0.0110. The van der Waals surface area contributed by atoms with Gasteiger partial charge in [-0.15, -0.1) is 11.8 Å². The SMILES string of the molecule is CSc1ccc(N2CCC[C@@H](C(C)(C)O)C2)cn1. The summed E-state index contributed by atoms with van der Waals surface area (Å²) in [5.74, 6) is 0.339. The molecule has 0 amide bonds. The van der Waals surface area contributed by atoms with Gasteiger partial charge in [-0.25, -0.2) is 4.98 Å². The maximum absolute atomic E-state index is 10.1. The van der Waals surface area contributed by atoms with Crippen molar-refractivity contribution in [1.82, 2.24) is 4.98 Å². The average Bonchev–Trinajstić information content (AvgIpc) is 2.38. The van der Waals surface area contributed by atoms with E-state index in [0.29, 0.717) is 5.92 Å².